The van der Waals surface area contributed by atoms with Crippen LogP contribution in [0.4, 0.5) is 0 Å². The van der Waals surface area contributed by atoms with Crippen molar-refractivity contribution >= 4 is 17.7 Å². The Kier molecular flexibility index (Phi) is 6.38. The van der Waals surface area contributed by atoms with Crippen LogP contribution in [0.25, 0.3) is 0 Å². The maximum absolute atomic E-state index is 11.6. The standard InChI is InChI=1S/C15H24N2OS/c1-4-8-17-15(3,14(16)18)11-19-10-13-7-5-6-12(2)9-13/h5-7,9,17H,4,8,10-11H2,1-3H3,(H2,16,18). The fraction of sp³-hybridized carbons (Fsp3) is 0.533. The largest absolute Gasteiger partial charge is 0.368 e. The lowest BCUT2D eigenvalue weighted by molar-refractivity contribution is -0.122. The summed E-state index contributed by atoms with van der Waals surface area (Å²) >= 11 is 1.74. The van der Waals surface area contributed by atoms with Gasteiger partial charge in [-0.15, -0.1) is 0 Å². The summed E-state index contributed by atoms with van der Waals surface area (Å²) in [6, 6.07) is 8.44. The van der Waals surface area contributed by atoms with Crippen molar-refractivity contribution < 1.29 is 4.79 Å². The van der Waals surface area contributed by atoms with Crippen molar-refractivity contribution in [2.45, 2.75) is 38.5 Å². The molecule has 0 heterocycles. The van der Waals surface area contributed by atoms with Gasteiger partial charge in [0.25, 0.3) is 0 Å². The van der Waals surface area contributed by atoms with Gasteiger partial charge < -0.3 is 11.1 Å². The molecule has 0 aromatic heterocycles. The van der Waals surface area contributed by atoms with E-state index in [0.29, 0.717) is 5.75 Å². The van der Waals surface area contributed by atoms with Crippen LogP contribution in [0.3, 0.4) is 0 Å². The molecule has 0 radical (unpaired) electrons. The van der Waals surface area contributed by atoms with E-state index in [2.05, 4.69) is 43.4 Å². The molecule has 0 fully saturated rings. The molecule has 3 nitrogen and oxygen atoms in total. The fourth-order valence-electron chi connectivity index (χ4n) is 1.79. The number of nitrogens with two attached hydrogens (primary N) is 1. The molecule has 0 bridgehead atoms. The maximum Gasteiger partial charge on any atom is 0.238 e. The van der Waals surface area contributed by atoms with Crippen molar-refractivity contribution in [3.63, 3.8) is 0 Å². The summed E-state index contributed by atoms with van der Waals surface area (Å²) in [5.74, 6) is 1.31. The Morgan fingerprint density at radius 1 is 1.47 bits per heavy atom. The minimum atomic E-state index is -0.621. The first-order valence-electron chi connectivity index (χ1n) is 6.66. The van der Waals surface area contributed by atoms with Crippen LogP contribution in [0.1, 0.15) is 31.4 Å². The van der Waals surface area contributed by atoms with Crippen LogP contribution in [0.15, 0.2) is 24.3 Å². The summed E-state index contributed by atoms with van der Waals surface area (Å²) in [6.45, 7) is 6.86. The highest BCUT2D eigenvalue weighted by Crippen LogP contribution is 2.19. The number of nitrogens with one attached hydrogen (secondary N) is 1. The minimum absolute atomic E-state index is 0.280. The van der Waals surface area contributed by atoms with Gasteiger partial charge in [0.05, 0.1) is 0 Å². The highest BCUT2D eigenvalue weighted by molar-refractivity contribution is 7.98. The van der Waals surface area contributed by atoms with E-state index in [1.165, 1.54) is 11.1 Å². The number of primary amides is 1. The molecule has 1 atom stereocenters. The van der Waals surface area contributed by atoms with Gasteiger partial charge in [-0.1, -0.05) is 36.8 Å². The van der Waals surface area contributed by atoms with Crippen molar-refractivity contribution in [3.05, 3.63) is 35.4 Å². The number of aryl methyl sites for hydroxylation is 1. The molecule has 3 N–H and O–H groups in total. The molecule has 0 aliphatic rings. The summed E-state index contributed by atoms with van der Waals surface area (Å²) in [5.41, 5.74) is 7.43. The van der Waals surface area contributed by atoms with E-state index in [1.807, 2.05) is 6.92 Å². The van der Waals surface area contributed by atoms with Crippen molar-refractivity contribution in [1.82, 2.24) is 5.32 Å². The third kappa shape index (κ3) is 5.25. The lowest BCUT2D eigenvalue weighted by Gasteiger charge is -2.27. The van der Waals surface area contributed by atoms with Crippen molar-refractivity contribution in [1.29, 1.82) is 0 Å². The van der Waals surface area contributed by atoms with Crippen LogP contribution in [-0.2, 0) is 10.5 Å². The number of hydrogen-bond donors (Lipinski definition) is 2. The Morgan fingerprint density at radius 2 is 2.21 bits per heavy atom. The monoisotopic (exact) mass is 280 g/mol. The van der Waals surface area contributed by atoms with Gasteiger partial charge in [0.2, 0.25) is 5.91 Å². The lowest BCUT2D eigenvalue weighted by atomic mass is 10.0. The molecule has 0 aliphatic heterocycles. The smallest absolute Gasteiger partial charge is 0.238 e. The number of hydrogen-bond acceptors (Lipinski definition) is 3. The number of carbonyl (C=O) groups excluding carboxylic acids is 1. The Balaban J connectivity index is 2.50. The normalized spacial score (nSPS) is 14.1. The molecule has 106 valence electrons. The third-order valence-corrected chi connectivity index (χ3v) is 4.37. The topological polar surface area (TPSA) is 55.1 Å². The molecule has 1 amide bonds. The zero-order valence-corrected chi connectivity index (χ0v) is 12.8. The van der Waals surface area contributed by atoms with Crippen LogP contribution in [0.5, 0.6) is 0 Å². The predicted molar refractivity (Wildman–Crippen MR) is 83.2 cm³/mol. The second-order valence-electron chi connectivity index (χ2n) is 5.10. The predicted octanol–water partition coefficient (Wildman–Crippen LogP) is 2.47. The molecule has 0 spiro atoms. The Morgan fingerprint density at radius 3 is 2.79 bits per heavy atom. The van der Waals surface area contributed by atoms with Gasteiger partial charge in [-0.2, -0.15) is 11.8 Å². The molecule has 4 heteroatoms. The van der Waals surface area contributed by atoms with Gasteiger partial charge in [-0.25, -0.2) is 0 Å². The van der Waals surface area contributed by atoms with E-state index in [4.69, 9.17) is 5.73 Å². The molecule has 1 aromatic carbocycles. The molecule has 1 unspecified atom stereocenters. The summed E-state index contributed by atoms with van der Waals surface area (Å²) in [5, 5.41) is 3.25. The van der Waals surface area contributed by atoms with E-state index in [9.17, 15) is 4.79 Å². The Bertz CT molecular complexity index is 422. The molecular weight excluding hydrogens is 256 g/mol. The molecule has 1 rings (SSSR count). The van der Waals surface area contributed by atoms with Gasteiger partial charge in [0.1, 0.15) is 5.54 Å². The number of carbonyl (C=O) groups is 1. The second kappa shape index (κ2) is 7.56. The van der Waals surface area contributed by atoms with Gasteiger partial charge in [-0.3, -0.25) is 4.79 Å². The van der Waals surface area contributed by atoms with E-state index >= 15 is 0 Å². The SMILES string of the molecule is CCCNC(C)(CSCc1cccc(C)c1)C(N)=O. The summed E-state index contributed by atoms with van der Waals surface area (Å²) in [6.07, 6.45) is 0.991. The van der Waals surface area contributed by atoms with Gasteiger partial charge in [-0.05, 0) is 32.4 Å². The van der Waals surface area contributed by atoms with Crippen molar-refractivity contribution in [3.8, 4) is 0 Å². The number of amides is 1. The van der Waals surface area contributed by atoms with Crippen LogP contribution in [0, 0.1) is 6.92 Å². The molecule has 1 aromatic rings. The molecular formula is C15H24N2OS. The van der Waals surface area contributed by atoms with Crippen molar-refractivity contribution in [2.24, 2.45) is 5.73 Å². The van der Waals surface area contributed by atoms with E-state index in [-0.39, 0.29) is 5.91 Å². The Labute approximate surface area is 120 Å². The zero-order chi connectivity index (χ0) is 14.3. The Hall–Kier alpha value is -1.00. The summed E-state index contributed by atoms with van der Waals surface area (Å²) in [4.78, 5) is 11.6. The zero-order valence-electron chi connectivity index (χ0n) is 12.0. The summed E-state index contributed by atoms with van der Waals surface area (Å²) in [7, 11) is 0. The van der Waals surface area contributed by atoms with Gasteiger partial charge in [0, 0.05) is 11.5 Å². The highest BCUT2D eigenvalue weighted by Gasteiger charge is 2.29. The van der Waals surface area contributed by atoms with Crippen LogP contribution in [-0.4, -0.2) is 23.7 Å². The summed E-state index contributed by atoms with van der Waals surface area (Å²) < 4.78 is 0. The second-order valence-corrected chi connectivity index (χ2v) is 6.09. The van der Waals surface area contributed by atoms with E-state index < -0.39 is 5.54 Å². The van der Waals surface area contributed by atoms with Crippen LogP contribution in [0.2, 0.25) is 0 Å². The lowest BCUT2D eigenvalue weighted by Crippen LogP contribution is -2.55. The van der Waals surface area contributed by atoms with Crippen LogP contribution < -0.4 is 11.1 Å². The molecule has 19 heavy (non-hydrogen) atoms. The average Bonchev–Trinajstić information content (AvgIpc) is 2.36. The molecule has 0 saturated carbocycles. The molecule has 0 saturated heterocycles. The first-order valence-corrected chi connectivity index (χ1v) is 7.81. The van der Waals surface area contributed by atoms with Gasteiger partial charge in [0.15, 0.2) is 0 Å². The maximum atomic E-state index is 11.6. The first-order chi connectivity index (χ1) is 8.98. The number of thioether (sulfide) groups is 1. The number of rotatable bonds is 8. The van der Waals surface area contributed by atoms with Gasteiger partial charge >= 0.3 is 0 Å². The average molecular weight is 280 g/mol. The first kappa shape index (κ1) is 16.1. The molecule has 0 aliphatic carbocycles. The quantitative estimate of drug-likeness (QED) is 0.769. The van der Waals surface area contributed by atoms with E-state index in [1.54, 1.807) is 11.8 Å². The highest BCUT2D eigenvalue weighted by atomic mass is 32.2. The third-order valence-electron chi connectivity index (χ3n) is 3.05. The fourth-order valence-corrected chi connectivity index (χ4v) is 2.95. The minimum Gasteiger partial charge on any atom is -0.368 e. The number of benzene rings is 1. The van der Waals surface area contributed by atoms with E-state index in [0.717, 1.165) is 18.7 Å². The van der Waals surface area contributed by atoms with Crippen LogP contribution >= 0.6 is 11.8 Å². The van der Waals surface area contributed by atoms with Crippen molar-refractivity contribution in [2.75, 3.05) is 12.3 Å².